The number of benzene rings is 2. The molecule has 0 radical (unpaired) electrons. The van der Waals surface area contributed by atoms with Gasteiger partial charge in [-0.05, 0) is 63.3 Å². The molecule has 4 N–H and O–H groups in total. The number of hydrogen-bond acceptors (Lipinski definition) is 6. The second kappa shape index (κ2) is 13.5. The van der Waals surface area contributed by atoms with Gasteiger partial charge in [-0.1, -0.05) is 41.4 Å². The van der Waals surface area contributed by atoms with E-state index in [4.69, 9.17) is 23.2 Å². The van der Waals surface area contributed by atoms with Crippen molar-refractivity contribution in [2.24, 2.45) is 0 Å². The number of aromatic amines is 1. The Morgan fingerprint density at radius 2 is 1.85 bits per heavy atom. The van der Waals surface area contributed by atoms with Crippen molar-refractivity contribution >= 4 is 58.0 Å². The summed E-state index contributed by atoms with van der Waals surface area (Å²) in [6.07, 6.45) is 6.28. The molecule has 0 aliphatic carbocycles. The van der Waals surface area contributed by atoms with Crippen molar-refractivity contribution in [1.29, 1.82) is 0 Å². The van der Waals surface area contributed by atoms with Crippen molar-refractivity contribution in [2.75, 3.05) is 49.3 Å². The fourth-order valence-electron chi connectivity index (χ4n) is 4.31. The highest BCUT2D eigenvalue weighted by molar-refractivity contribution is 6.40. The molecule has 2 aromatic carbocycles. The van der Waals surface area contributed by atoms with E-state index in [1.807, 2.05) is 44.4 Å². The molecule has 3 amide bonds. The lowest BCUT2D eigenvalue weighted by Gasteiger charge is -2.20. The average Bonchev–Trinajstić information content (AvgIpc) is 3.56. The Morgan fingerprint density at radius 3 is 2.60 bits per heavy atom. The average molecular weight is 585 g/mol. The lowest BCUT2D eigenvalue weighted by atomic mass is 10.2. The molecule has 0 unspecified atom stereocenters. The number of nitrogens with zero attached hydrogens (tertiary/aromatic N) is 3. The van der Waals surface area contributed by atoms with Crippen LogP contribution in [-0.4, -0.2) is 72.6 Å². The van der Waals surface area contributed by atoms with Gasteiger partial charge in [-0.15, -0.1) is 0 Å². The van der Waals surface area contributed by atoms with Crippen LogP contribution in [0.5, 0.6) is 0 Å². The van der Waals surface area contributed by atoms with Crippen LogP contribution in [0.3, 0.4) is 0 Å². The van der Waals surface area contributed by atoms with Crippen LogP contribution < -0.4 is 20.9 Å². The molecule has 1 fully saturated rings. The molecule has 0 saturated carbocycles. The lowest BCUT2D eigenvalue weighted by molar-refractivity contribution is -0.111. The molecular weight excluding hydrogens is 553 g/mol. The van der Waals surface area contributed by atoms with Crippen molar-refractivity contribution in [2.45, 2.75) is 18.9 Å². The van der Waals surface area contributed by atoms with Gasteiger partial charge in [-0.25, -0.2) is 0 Å². The van der Waals surface area contributed by atoms with Crippen LogP contribution in [0.15, 0.2) is 60.8 Å². The number of rotatable bonds is 10. The molecule has 3 aromatic rings. The first-order valence-corrected chi connectivity index (χ1v) is 13.5. The fourth-order valence-corrected chi connectivity index (χ4v) is 4.88. The maximum atomic E-state index is 13.0. The summed E-state index contributed by atoms with van der Waals surface area (Å²) < 4.78 is 0. The van der Waals surface area contributed by atoms with Crippen LogP contribution in [0.25, 0.3) is 0 Å². The highest BCUT2D eigenvalue weighted by Gasteiger charge is 2.27. The molecule has 1 aliphatic rings. The zero-order valence-corrected chi connectivity index (χ0v) is 23.7. The summed E-state index contributed by atoms with van der Waals surface area (Å²) in [5, 5.41) is 15.5. The molecule has 10 nitrogen and oxygen atoms in total. The van der Waals surface area contributed by atoms with Gasteiger partial charge in [0.1, 0.15) is 5.69 Å². The summed E-state index contributed by atoms with van der Waals surface area (Å²) in [4.78, 5) is 42.3. The van der Waals surface area contributed by atoms with Crippen LogP contribution in [0.1, 0.15) is 33.7 Å². The molecule has 1 atom stereocenters. The van der Waals surface area contributed by atoms with Gasteiger partial charge in [-0.3, -0.25) is 19.5 Å². The monoisotopic (exact) mass is 583 g/mol. The third-order valence-corrected chi connectivity index (χ3v) is 6.95. The van der Waals surface area contributed by atoms with Gasteiger partial charge in [0, 0.05) is 37.1 Å². The summed E-state index contributed by atoms with van der Waals surface area (Å²) in [6, 6.07) is 12.2. The van der Waals surface area contributed by atoms with Gasteiger partial charge >= 0.3 is 0 Å². The van der Waals surface area contributed by atoms with Crippen molar-refractivity contribution < 1.29 is 14.4 Å². The van der Waals surface area contributed by atoms with E-state index in [0.717, 1.165) is 31.6 Å². The summed E-state index contributed by atoms with van der Waals surface area (Å²) in [5.41, 5.74) is 2.09. The van der Waals surface area contributed by atoms with Crippen molar-refractivity contribution in [3.05, 3.63) is 82.1 Å². The third-order valence-electron chi connectivity index (χ3n) is 6.32. The van der Waals surface area contributed by atoms with E-state index in [2.05, 4.69) is 35.9 Å². The Kier molecular flexibility index (Phi) is 9.81. The number of nitrogens with one attached hydrogen (secondary N) is 4. The molecule has 0 spiro atoms. The maximum Gasteiger partial charge on any atom is 0.271 e. The van der Waals surface area contributed by atoms with Crippen LogP contribution in [0.4, 0.5) is 17.1 Å². The van der Waals surface area contributed by atoms with E-state index in [1.54, 1.807) is 24.3 Å². The number of aromatic nitrogens is 2. The smallest absolute Gasteiger partial charge is 0.271 e. The quantitative estimate of drug-likeness (QED) is 0.262. The third kappa shape index (κ3) is 7.62. The minimum Gasteiger partial charge on any atom is -0.369 e. The van der Waals surface area contributed by atoms with Gasteiger partial charge in [0.2, 0.25) is 5.91 Å². The SMILES string of the molecule is CN(C)CCC=CC(=O)Nc1cccc(N2CC[C@@H](NC(=O)c3[nH]ncc3NC(=O)c3c(Cl)cccc3Cl)C2)c1. The second-order valence-electron chi connectivity index (χ2n) is 9.65. The van der Waals surface area contributed by atoms with E-state index >= 15 is 0 Å². The molecule has 4 rings (SSSR count). The van der Waals surface area contributed by atoms with Crippen LogP contribution in [-0.2, 0) is 4.79 Å². The number of carbonyl (C=O) groups excluding carboxylic acids is 3. The van der Waals surface area contributed by atoms with Gasteiger partial charge in [0.25, 0.3) is 11.8 Å². The molecular formula is C28H31Cl2N7O3. The number of halogens is 2. The highest BCUT2D eigenvalue weighted by Crippen LogP contribution is 2.27. The summed E-state index contributed by atoms with van der Waals surface area (Å²) >= 11 is 12.3. The molecule has 1 saturated heterocycles. The first kappa shape index (κ1) is 29.1. The van der Waals surface area contributed by atoms with E-state index in [1.165, 1.54) is 6.20 Å². The van der Waals surface area contributed by atoms with Crippen LogP contribution in [0, 0.1) is 0 Å². The van der Waals surface area contributed by atoms with E-state index in [0.29, 0.717) is 12.2 Å². The van der Waals surface area contributed by atoms with Gasteiger partial charge < -0.3 is 25.8 Å². The number of amides is 3. The Labute approximate surface area is 242 Å². The molecule has 2 heterocycles. The molecule has 1 aliphatic heterocycles. The van der Waals surface area contributed by atoms with E-state index in [9.17, 15) is 14.4 Å². The summed E-state index contributed by atoms with van der Waals surface area (Å²) in [5.74, 6) is -1.12. The normalized spacial score (nSPS) is 15.0. The Balaban J connectivity index is 1.33. The Hall–Kier alpha value is -3.86. The molecule has 40 heavy (non-hydrogen) atoms. The fraction of sp³-hybridized carbons (Fsp3) is 0.286. The number of H-pyrrole nitrogens is 1. The predicted molar refractivity (Wildman–Crippen MR) is 158 cm³/mol. The molecule has 12 heteroatoms. The molecule has 210 valence electrons. The number of carbonyl (C=O) groups is 3. The predicted octanol–water partition coefficient (Wildman–Crippen LogP) is 4.42. The van der Waals surface area contributed by atoms with Gasteiger partial charge in [0.05, 0.1) is 27.5 Å². The maximum absolute atomic E-state index is 13.0. The van der Waals surface area contributed by atoms with Crippen molar-refractivity contribution in [1.82, 2.24) is 20.4 Å². The largest absolute Gasteiger partial charge is 0.369 e. The number of hydrogen-bond donors (Lipinski definition) is 4. The van der Waals surface area contributed by atoms with Crippen molar-refractivity contribution in [3.63, 3.8) is 0 Å². The highest BCUT2D eigenvalue weighted by atomic mass is 35.5. The van der Waals surface area contributed by atoms with Gasteiger partial charge in [0.15, 0.2) is 0 Å². The summed E-state index contributed by atoms with van der Waals surface area (Å²) in [6.45, 7) is 2.18. The van der Waals surface area contributed by atoms with Crippen molar-refractivity contribution in [3.8, 4) is 0 Å². The minimum absolute atomic E-state index is 0.114. The lowest BCUT2D eigenvalue weighted by Crippen LogP contribution is -2.37. The van der Waals surface area contributed by atoms with Crippen LogP contribution >= 0.6 is 23.2 Å². The first-order chi connectivity index (χ1) is 19.2. The van der Waals surface area contributed by atoms with Crippen LogP contribution in [0.2, 0.25) is 10.0 Å². The number of anilines is 3. The zero-order valence-electron chi connectivity index (χ0n) is 22.2. The Morgan fingerprint density at radius 1 is 1.10 bits per heavy atom. The standard InChI is InChI=1S/C28H31Cl2N7O3/c1-36(2)13-4-3-11-24(38)32-18-7-5-8-20(15-18)37-14-12-19(17-37)33-28(40)26-23(16-31-35-26)34-27(39)25-21(29)9-6-10-22(25)30/h3,5-11,15-16,19H,4,12-14,17H2,1-2H3,(H,31,35)(H,32,38)(H,33,40)(H,34,39)/t19-/m1/s1. The topological polar surface area (TPSA) is 122 Å². The Bertz CT molecular complexity index is 1390. The zero-order chi connectivity index (χ0) is 28.6. The minimum atomic E-state index is -0.547. The molecule has 1 aromatic heterocycles. The van der Waals surface area contributed by atoms with E-state index in [-0.39, 0.29) is 38.9 Å². The first-order valence-electron chi connectivity index (χ1n) is 12.8. The van der Waals surface area contributed by atoms with Gasteiger partial charge in [-0.2, -0.15) is 5.10 Å². The van der Waals surface area contributed by atoms with E-state index < -0.39 is 11.8 Å². The summed E-state index contributed by atoms with van der Waals surface area (Å²) in [7, 11) is 3.98. The molecule has 0 bridgehead atoms. The second-order valence-corrected chi connectivity index (χ2v) is 10.5.